The van der Waals surface area contributed by atoms with Crippen LogP contribution < -0.4 is 5.11 Å². The molecule has 0 unspecified atom stereocenters. The lowest BCUT2D eigenvalue weighted by Gasteiger charge is -2.18. The van der Waals surface area contributed by atoms with Crippen LogP contribution in [0, 0.1) is 6.92 Å². The molecule has 0 aliphatic rings. The van der Waals surface area contributed by atoms with Crippen molar-refractivity contribution in [1.29, 1.82) is 0 Å². The van der Waals surface area contributed by atoms with E-state index in [1.165, 1.54) is 48.5 Å². The van der Waals surface area contributed by atoms with Crippen LogP contribution in [0.5, 0.6) is 0 Å². The standard InChI is InChI=1S/C26H20O6S2/c1-18-16-23(21-14-8-9-15-22(21)26(27)28)25(34(31,32)20-12-6-3-7-13-20)17-24(18)33(29,30)19-10-4-2-5-11-19/h2-17H,1H3,(H,27,28)/p-1. The van der Waals surface area contributed by atoms with Crippen LogP contribution in [0.2, 0.25) is 0 Å². The van der Waals surface area contributed by atoms with Crippen LogP contribution in [-0.4, -0.2) is 22.8 Å². The minimum Gasteiger partial charge on any atom is -0.545 e. The van der Waals surface area contributed by atoms with Crippen LogP contribution in [0.15, 0.2) is 117 Å². The highest BCUT2D eigenvalue weighted by molar-refractivity contribution is 7.92. The van der Waals surface area contributed by atoms with Crippen LogP contribution in [-0.2, 0) is 19.7 Å². The molecular formula is C26H19O6S2-. The van der Waals surface area contributed by atoms with Crippen molar-refractivity contribution in [3.8, 4) is 11.1 Å². The first kappa shape index (κ1) is 23.4. The van der Waals surface area contributed by atoms with Crippen molar-refractivity contribution in [2.75, 3.05) is 0 Å². The minimum absolute atomic E-state index is 0.0176. The summed E-state index contributed by atoms with van der Waals surface area (Å²) in [6.45, 7) is 1.54. The van der Waals surface area contributed by atoms with E-state index in [1.54, 1.807) is 49.4 Å². The second-order valence-corrected chi connectivity index (χ2v) is 11.4. The summed E-state index contributed by atoms with van der Waals surface area (Å²) in [5, 5.41) is 11.8. The number of benzene rings is 4. The topological polar surface area (TPSA) is 108 Å². The molecule has 0 saturated heterocycles. The number of carbonyl (C=O) groups excluding carboxylic acids is 1. The molecule has 0 aliphatic heterocycles. The van der Waals surface area contributed by atoms with Crippen molar-refractivity contribution in [3.63, 3.8) is 0 Å². The number of carbonyl (C=O) groups is 1. The Labute approximate surface area is 198 Å². The molecule has 0 amide bonds. The second-order valence-electron chi connectivity index (χ2n) is 7.58. The summed E-state index contributed by atoms with van der Waals surface area (Å²) in [7, 11) is -8.27. The number of carboxylic acids is 1. The Kier molecular flexibility index (Phi) is 6.12. The molecule has 8 heteroatoms. The fraction of sp³-hybridized carbons (Fsp3) is 0.0385. The fourth-order valence-electron chi connectivity index (χ4n) is 3.74. The van der Waals surface area contributed by atoms with Crippen LogP contribution in [0.3, 0.4) is 0 Å². The van der Waals surface area contributed by atoms with Crippen molar-refractivity contribution in [2.24, 2.45) is 0 Å². The van der Waals surface area contributed by atoms with Gasteiger partial charge in [0.2, 0.25) is 19.7 Å². The smallest absolute Gasteiger partial charge is 0.207 e. The van der Waals surface area contributed by atoms with Crippen LogP contribution >= 0.6 is 0 Å². The number of hydrogen-bond donors (Lipinski definition) is 0. The Hall–Kier alpha value is -3.75. The van der Waals surface area contributed by atoms with E-state index in [-0.39, 0.29) is 41.8 Å². The molecule has 0 atom stereocenters. The molecule has 4 aromatic rings. The first-order chi connectivity index (χ1) is 16.1. The van der Waals surface area contributed by atoms with E-state index >= 15 is 0 Å². The highest BCUT2D eigenvalue weighted by atomic mass is 32.2. The average molecular weight is 492 g/mol. The molecule has 4 aromatic carbocycles. The molecule has 6 nitrogen and oxygen atoms in total. The van der Waals surface area contributed by atoms with Gasteiger partial charge in [0.25, 0.3) is 0 Å². The lowest BCUT2D eigenvalue weighted by Crippen LogP contribution is -2.23. The van der Waals surface area contributed by atoms with Crippen molar-refractivity contribution in [3.05, 3.63) is 108 Å². The highest BCUT2D eigenvalue weighted by Crippen LogP contribution is 2.38. The van der Waals surface area contributed by atoms with Gasteiger partial charge >= 0.3 is 0 Å². The zero-order valence-electron chi connectivity index (χ0n) is 18.0. The molecule has 0 aromatic heterocycles. The van der Waals surface area contributed by atoms with Gasteiger partial charge in [-0.3, -0.25) is 0 Å². The van der Waals surface area contributed by atoms with Crippen LogP contribution in [0.25, 0.3) is 11.1 Å². The third-order valence-electron chi connectivity index (χ3n) is 5.40. The summed E-state index contributed by atoms with van der Waals surface area (Å²) in [5.41, 5.74) is 0.265. The Morgan fingerprint density at radius 3 is 1.62 bits per heavy atom. The van der Waals surface area contributed by atoms with Crippen molar-refractivity contribution < 1.29 is 26.7 Å². The van der Waals surface area contributed by atoms with Gasteiger partial charge in [0.05, 0.1) is 25.6 Å². The third-order valence-corrected chi connectivity index (χ3v) is 9.12. The molecule has 0 spiro atoms. The molecule has 172 valence electrons. The van der Waals surface area contributed by atoms with Crippen LogP contribution in [0.4, 0.5) is 0 Å². The summed E-state index contributed by atoms with van der Waals surface area (Å²) in [5.74, 6) is -1.47. The summed E-state index contributed by atoms with van der Waals surface area (Å²) < 4.78 is 54.1. The number of sulfone groups is 2. The monoisotopic (exact) mass is 491 g/mol. The normalized spacial score (nSPS) is 11.8. The molecule has 0 heterocycles. The van der Waals surface area contributed by atoms with E-state index in [0.717, 1.165) is 6.07 Å². The summed E-state index contributed by atoms with van der Waals surface area (Å²) in [6, 6.07) is 23.6. The van der Waals surface area contributed by atoms with Gasteiger partial charge < -0.3 is 9.90 Å². The predicted molar refractivity (Wildman–Crippen MR) is 125 cm³/mol. The number of aromatic carboxylic acids is 1. The maximum absolute atomic E-state index is 13.7. The van der Waals surface area contributed by atoms with Gasteiger partial charge in [-0.1, -0.05) is 60.7 Å². The zero-order valence-corrected chi connectivity index (χ0v) is 19.6. The van der Waals surface area contributed by atoms with Crippen molar-refractivity contribution in [2.45, 2.75) is 26.5 Å². The SMILES string of the molecule is Cc1cc(-c2ccccc2C(=O)[O-])c(S(=O)(=O)c2ccccc2)cc1S(=O)(=O)c1ccccc1. The predicted octanol–water partition coefficient (Wildman–Crippen LogP) is 3.69. The Morgan fingerprint density at radius 1 is 0.618 bits per heavy atom. The largest absolute Gasteiger partial charge is 0.545 e. The summed E-state index contributed by atoms with van der Waals surface area (Å²) in [6.07, 6.45) is 0. The van der Waals surface area contributed by atoms with Gasteiger partial charge in [-0.2, -0.15) is 0 Å². The number of carboxylic acid groups (broad SMARTS) is 1. The molecule has 4 rings (SSSR count). The number of aryl methyl sites for hydroxylation is 1. The van der Waals surface area contributed by atoms with Crippen molar-refractivity contribution >= 4 is 25.6 Å². The molecule has 0 bridgehead atoms. The van der Waals surface area contributed by atoms with Gasteiger partial charge in [-0.25, -0.2) is 16.8 Å². The lowest BCUT2D eigenvalue weighted by molar-refractivity contribution is -0.254. The van der Waals surface area contributed by atoms with Crippen molar-refractivity contribution in [1.82, 2.24) is 0 Å². The Balaban J connectivity index is 2.09. The first-order valence-electron chi connectivity index (χ1n) is 10.2. The van der Waals surface area contributed by atoms with Gasteiger partial charge in [0, 0.05) is 11.1 Å². The zero-order chi connectivity index (χ0) is 24.5. The quantitative estimate of drug-likeness (QED) is 0.407. The van der Waals surface area contributed by atoms with Gasteiger partial charge in [0.15, 0.2) is 0 Å². The Morgan fingerprint density at radius 2 is 1.09 bits per heavy atom. The minimum atomic E-state index is -4.22. The summed E-state index contributed by atoms with van der Waals surface area (Å²) in [4.78, 5) is 11.2. The van der Waals surface area contributed by atoms with E-state index in [1.807, 2.05) is 0 Å². The molecule has 34 heavy (non-hydrogen) atoms. The molecule has 0 fully saturated rings. The van der Waals surface area contributed by atoms with E-state index < -0.39 is 25.6 Å². The van der Waals surface area contributed by atoms with E-state index in [2.05, 4.69) is 0 Å². The third kappa shape index (κ3) is 4.13. The van der Waals surface area contributed by atoms with E-state index in [0.29, 0.717) is 0 Å². The molecule has 0 N–H and O–H groups in total. The van der Waals surface area contributed by atoms with Gasteiger partial charge in [-0.05, 0) is 54.4 Å². The van der Waals surface area contributed by atoms with E-state index in [9.17, 15) is 26.7 Å². The Bertz CT molecular complexity index is 1590. The maximum atomic E-state index is 13.7. The maximum Gasteiger partial charge on any atom is 0.207 e. The number of hydrogen-bond acceptors (Lipinski definition) is 6. The molecular weight excluding hydrogens is 472 g/mol. The van der Waals surface area contributed by atoms with Gasteiger partial charge in [-0.15, -0.1) is 0 Å². The fourth-order valence-corrected chi connectivity index (χ4v) is 6.84. The average Bonchev–Trinajstić information content (AvgIpc) is 2.84. The van der Waals surface area contributed by atoms with Crippen LogP contribution in [0.1, 0.15) is 15.9 Å². The first-order valence-corrected chi connectivity index (χ1v) is 13.2. The van der Waals surface area contributed by atoms with Gasteiger partial charge in [0.1, 0.15) is 0 Å². The lowest BCUT2D eigenvalue weighted by atomic mass is 9.98. The number of rotatable bonds is 6. The molecule has 0 radical (unpaired) electrons. The molecule has 0 aliphatic carbocycles. The highest BCUT2D eigenvalue weighted by Gasteiger charge is 2.28. The molecule has 0 saturated carbocycles. The van der Waals surface area contributed by atoms with E-state index in [4.69, 9.17) is 0 Å². The second kappa shape index (κ2) is 8.89. The summed E-state index contributed by atoms with van der Waals surface area (Å²) >= 11 is 0.